The second-order valence-corrected chi connectivity index (χ2v) is 6.63. The molecule has 150 valence electrons. The molecule has 0 unspecified atom stereocenters. The molecule has 0 aromatic heterocycles. The normalized spacial score (nSPS) is 15.4. The number of aryl methyl sites for hydroxylation is 1. The van der Waals surface area contributed by atoms with Crippen molar-refractivity contribution in [3.8, 4) is 5.75 Å². The molecule has 1 heterocycles. The van der Waals surface area contributed by atoms with Gasteiger partial charge in [0.2, 0.25) is 5.91 Å². The number of halogens is 4. The minimum absolute atomic E-state index is 0.144. The lowest BCUT2D eigenvalue weighted by Gasteiger charge is -2.30. The maximum atomic E-state index is 12.5. The van der Waals surface area contributed by atoms with Crippen molar-refractivity contribution in [3.63, 3.8) is 0 Å². The number of carbonyl (C=O) groups is 2. The van der Waals surface area contributed by atoms with Gasteiger partial charge >= 0.3 is 12.3 Å². The molecular formula is C17H20ClF3N2O4. The van der Waals surface area contributed by atoms with Crippen LogP contribution in [0.1, 0.15) is 18.4 Å². The molecule has 1 N–H and O–H groups in total. The Morgan fingerprint density at radius 1 is 1.30 bits per heavy atom. The van der Waals surface area contributed by atoms with Crippen LogP contribution in [0, 0.1) is 12.8 Å². The lowest BCUT2D eigenvalue weighted by atomic mass is 9.96. The molecule has 1 aromatic carbocycles. The summed E-state index contributed by atoms with van der Waals surface area (Å²) in [5.41, 5.74) is 1.26. The topological polar surface area (TPSA) is 67.9 Å². The van der Waals surface area contributed by atoms with Gasteiger partial charge in [0.05, 0.1) is 12.8 Å². The number of hydrogen-bond donors (Lipinski definition) is 1. The summed E-state index contributed by atoms with van der Waals surface area (Å²) in [4.78, 5) is 25.3. The Morgan fingerprint density at radius 2 is 1.93 bits per heavy atom. The Labute approximate surface area is 159 Å². The number of nitrogens with one attached hydrogen (secondary N) is 1. The summed E-state index contributed by atoms with van der Waals surface area (Å²) in [6.45, 7) is 0.460. The Kier molecular flexibility index (Phi) is 6.80. The van der Waals surface area contributed by atoms with Crippen LogP contribution < -0.4 is 10.1 Å². The zero-order chi connectivity index (χ0) is 20.2. The first-order valence-electron chi connectivity index (χ1n) is 8.24. The van der Waals surface area contributed by atoms with Gasteiger partial charge in [0.15, 0.2) is 6.61 Å². The van der Waals surface area contributed by atoms with Gasteiger partial charge in [0, 0.05) is 30.1 Å². The minimum Gasteiger partial charge on any atom is -0.495 e. The lowest BCUT2D eigenvalue weighted by Crippen LogP contribution is -2.42. The van der Waals surface area contributed by atoms with E-state index in [1.165, 1.54) is 12.0 Å². The predicted molar refractivity (Wildman–Crippen MR) is 93.1 cm³/mol. The number of rotatable bonds is 4. The maximum Gasteiger partial charge on any atom is 0.422 e. The van der Waals surface area contributed by atoms with Gasteiger partial charge in [0.25, 0.3) is 0 Å². The first-order chi connectivity index (χ1) is 12.6. The molecule has 0 atom stereocenters. The number of carbonyl (C=O) groups excluding carboxylic acids is 2. The highest BCUT2D eigenvalue weighted by Gasteiger charge is 2.33. The SMILES string of the molecule is COc1cc(Cl)c(C)cc1NC(=O)C1CCN(C(=O)OCC(F)(F)F)CC1. The number of piperidine rings is 1. The molecule has 6 nitrogen and oxygen atoms in total. The van der Waals surface area contributed by atoms with Crippen molar-refractivity contribution in [2.24, 2.45) is 5.92 Å². The van der Waals surface area contributed by atoms with E-state index in [1.54, 1.807) is 19.1 Å². The summed E-state index contributed by atoms with van der Waals surface area (Å²) < 4.78 is 45.8. The fourth-order valence-corrected chi connectivity index (χ4v) is 2.88. The highest BCUT2D eigenvalue weighted by molar-refractivity contribution is 6.31. The summed E-state index contributed by atoms with van der Waals surface area (Å²) in [5, 5.41) is 3.29. The van der Waals surface area contributed by atoms with Crippen molar-refractivity contribution < 1.29 is 32.2 Å². The van der Waals surface area contributed by atoms with E-state index in [4.69, 9.17) is 16.3 Å². The zero-order valence-electron chi connectivity index (χ0n) is 14.9. The van der Waals surface area contributed by atoms with Gasteiger partial charge in [-0.3, -0.25) is 4.79 Å². The molecule has 0 saturated carbocycles. The van der Waals surface area contributed by atoms with Crippen molar-refractivity contribution in [1.82, 2.24) is 4.90 Å². The number of hydrogen-bond acceptors (Lipinski definition) is 4. The van der Waals surface area contributed by atoms with Gasteiger partial charge in [-0.2, -0.15) is 13.2 Å². The van der Waals surface area contributed by atoms with E-state index in [1.807, 2.05) is 0 Å². The van der Waals surface area contributed by atoms with E-state index in [0.29, 0.717) is 29.3 Å². The van der Waals surface area contributed by atoms with E-state index >= 15 is 0 Å². The van der Waals surface area contributed by atoms with Crippen LogP contribution in [0.25, 0.3) is 0 Å². The van der Waals surface area contributed by atoms with Crippen LogP contribution in [-0.2, 0) is 9.53 Å². The molecule has 0 aliphatic carbocycles. The molecule has 0 radical (unpaired) electrons. The average Bonchev–Trinajstić information content (AvgIpc) is 2.62. The monoisotopic (exact) mass is 408 g/mol. The summed E-state index contributed by atoms with van der Waals surface area (Å²) in [6.07, 6.45) is -4.95. The summed E-state index contributed by atoms with van der Waals surface area (Å²) in [7, 11) is 1.46. The fraction of sp³-hybridized carbons (Fsp3) is 0.529. The van der Waals surface area contributed by atoms with Crippen molar-refractivity contribution in [2.75, 3.05) is 32.1 Å². The Hall–Kier alpha value is -2.16. The van der Waals surface area contributed by atoms with Crippen LogP contribution >= 0.6 is 11.6 Å². The molecule has 0 bridgehead atoms. The first kappa shape index (κ1) is 21.1. The van der Waals surface area contributed by atoms with E-state index < -0.39 is 18.9 Å². The molecule has 1 aliphatic rings. The fourth-order valence-electron chi connectivity index (χ4n) is 2.72. The van der Waals surface area contributed by atoms with Crippen molar-refractivity contribution in [2.45, 2.75) is 25.9 Å². The number of amides is 2. The van der Waals surface area contributed by atoms with Crippen molar-refractivity contribution in [1.29, 1.82) is 0 Å². The second-order valence-electron chi connectivity index (χ2n) is 6.22. The summed E-state index contributed by atoms with van der Waals surface area (Å²) >= 11 is 6.04. The van der Waals surface area contributed by atoms with Crippen LogP contribution in [0.2, 0.25) is 5.02 Å². The highest BCUT2D eigenvalue weighted by Crippen LogP contribution is 2.32. The first-order valence-corrected chi connectivity index (χ1v) is 8.62. The quantitative estimate of drug-likeness (QED) is 0.817. The molecule has 2 rings (SSSR count). The number of methoxy groups -OCH3 is 1. The molecule has 1 aromatic rings. The van der Waals surface area contributed by atoms with Crippen LogP contribution in [0.4, 0.5) is 23.7 Å². The van der Waals surface area contributed by atoms with Crippen LogP contribution in [0.3, 0.4) is 0 Å². The van der Waals surface area contributed by atoms with E-state index in [-0.39, 0.29) is 24.9 Å². The molecule has 2 amide bonds. The van der Waals surface area contributed by atoms with E-state index in [9.17, 15) is 22.8 Å². The average molecular weight is 409 g/mol. The molecule has 0 spiro atoms. The van der Waals surface area contributed by atoms with Crippen molar-refractivity contribution >= 4 is 29.3 Å². The van der Waals surface area contributed by atoms with Crippen LogP contribution in [0.5, 0.6) is 5.75 Å². The third kappa shape index (κ3) is 5.92. The Balaban J connectivity index is 1.90. The standard InChI is InChI=1S/C17H20ClF3N2O4/c1-10-7-13(14(26-2)8-12(10)18)22-15(24)11-3-5-23(6-4-11)16(25)27-9-17(19,20)21/h7-8,11H,3-6,9H2,1-2H3,(H,22,24). The zero-order valence-corrected chi connectivity index (χ0v) is 15.6. The van der Waals surface area contributed by atoms with Gasteiger partial charge in [-0.25, -0.2) is 4.79 Å². The number of alkyl halides is 3. The van der Waals surface area contributed by atoms with Gasteiger partial charge in [-0.05, 0) is 31.4 Å². The lowest BCUT2D eigenvalue weighted by molar-refractivity contribution is -0.162. The van der Waals surface area contributed by atoms with E-state index in [2.05, 4.69) is 10.1 Å². The number of likely N-dealkylation sites (tertiary alicyclic amines) is 1. The third-order valence-electron chi connectivity index (χ3n) is 4.22. The second kappa shape index (κ2) is 8.69. The smallest absolute Gasteiger partial charge is 0.422 e. The molecular weight excluding hydrogens is 389 g/mol. The number of nitrogens with zero attached hydrogens (tertiary/aromatic N) is 1. The molecule has 1 saturated heterocycles. The van der Waals surface area contributed by atoms with Gasteiger partial charge in [-0.1, -0.05) is 11.6 Å². The van der Waals surface area contributed by atoms with Gasteiger partial charge in [-0.15, -0.1) is 0 Å². The van der Waals surface area contributed by atoms with Crippen LogP contribution in [-0.4, -0.2) is 49.9 Å². The number of ether oxygens (including phenoxy) is 2. The third-order valence-corrected chi connectivity index (χ3v) is 4.63. The van der Waals surface area contributed by atoms with Gasteiger partial charge in [0.1, 0.15) is 5.75 Å². The van der Waals surface area contributed by atoms with Gasteiger partial charge < -0.3 is 19.7 Å². The van der Waals surface area contributed by atoms with Crippen molar-refractivity contribution in [3.05, 3.63) is 22.7 Å². The molecule has 10 heteroatoms. The predicted octanol–water partition coefficient (Wildman–Crippen LogP) is 4.01. The Morgan fingerprint density at radius 3 is 2.48 bits per heavy atom. The molecule has 27 heavy (non-hydrogen) atoms. The maximum absolute atomic E-state index is 12.5. The van der Waals surface area contributed by atoms with E-state index in [0.717, 1.165) is 5.56 Å². The van der Waals surface area contributed by atoms with Crippen LogP contribution in [0.15, 0.2) is 12.1 Å². The Bertz CT molecular complexity index is 704. The minimum atomic E-state index is -4.57. The molecule has 1 fully saturated rings. The number of benzene rings is 1. The molecule has 1 aliphatic heterocycles. The number of anilines is 1. The summed E-state index contributed by atoms with van der Waals surface area (Å²) in [5.74, 6) is -0.206. The largest absolute Gasteiger partial charge is 0.495 e. The highest BCUT2D eigenvalue weighted by atomic mass is 35.5. The summed E-state index contributed by atoms with van der Waals surface area (Å²) in [6, 6.07) is 3.30.